The Hall–Kier alpha value is -2.93. The number of hydrogen-bond donors (Lipinski definition) is 1. The first-order valence-corrected chi connectivity index (χ1v) is 10.0. The molecular weight excluding hydrogens is 389 g/mol. The number of amides is 1. The topological polar surface area (TPSA) is 73.9 Å². The predicted octanol–water partition coefficient (Wildman–Crippen LogP) is 2.71. The zero-order chi connectivity index (χ0) is 20.8. The lowest BCUT2D eigenvalue weighted by Gasteiger charge is -2.16. The van der Waals surface area contributed by atoms with Gasteiger partial charge in [-0.3, -0.25) is 4.79 Å². The first-order valence-electron chi connectivity index (χ1n) is 10.0. The maximum atomic E-state index is 13.9. The van der Waals surface area contributed by atoms with Crippen molar-refractivity contribution < 1.29 is 28.2 Å². The summed E-state index contributed by atoms with van der Waals surface area (Å²) in [4.78, 5) is 25.4. The number of rotatable bonds is 5. The van der Waals surface area contributed by atoms with Gasteiger partial charge >= 0.3 is 5.97 Å². The molecule has 30 heavy (non-hydrogen) atoms. The summed E-state index contributed by atoms with van der Waals surface area (Å²) in [6, 6.07) is 12.7. The van der Waals surface area contributed by atoms with E-state index in [0.29, 0.717) is 36.2 Å². The van der Waals surface area contributed by atoms with E-state index in [1.165, 1.54) is 13.2 Å². The maximum Gasteiger partial charge on any atom is 0.341 e. The van der Waals surface area contributed by atoms with Crippen LogP contribution >= 0.6 is 0 Å². The second kappa shape index (κ2) is 7.40. The van der Waals surface area contributed by atoms with Gasteiger partial charge in [-0.15, -0.1) is 0 Å². The Kier molecular flexibility index (Phi) is 4.70. The Labute approximate surface area is 173 Å². The summed E-state index contributed by atoms with van der Waals surface area (Å²) >= 11 is 0. The monoisotopic (exact) mass is 411 g/mol. The van der Waals surface area contributed by atoms with Crippen molar-refractivity contribution in [2.45, 2.75) is 18.1 Å². The van der Waals surface area contributed by atoms with Crippen LogP contribution in [0, 0.1) is 11.8 Å². The van der Waals surface area contributed by atoms with Crippen molar-refractivity contribution >= 4 is 11.9 Å². The number of carbonyl (C=O) groups is 2. The predicted molar refractivity (Wildman–Crippen MR) is 106 cm³/mol. The van der Waals surface area contributed by atoms with Gasteiger partial charge in [-0.1, -0.05) is 30.3 Å². The van der Waals surface area contributed by atoms with Crippen LogP contribution in [-0.4, -0.2) is 51.0 Å². The number of benzene rings is 2. The minimum Gasteiger partial charge on any atom is -0.485 e. The van der Waals surface area contributed by atoms with Crippen LogP contribution in [0.4, 0.5) is 4.39 Å². The molecule has 1 aliphatic carbocycles. The van der Waals surface area contributed by atoms with Crippen molar-refractivity contribution in [1.29, 1.82) is 0 Å². The number of nitrogens with one attached hydrogen (secondary N) is 1. The van der Waals surface area contributed by atoms with Crippen LogP contribution in [0.25, 0.3) is 0 Å². The minimum absolute atomic E-state index is 0.0980. The molecule has 0 bridgehead atoms. The molecule has 1 saturated heterocycles. The number of ether oxygens (including phenoxy) is 3. The van der Waals surface area contributed by atoms with E-state index in [1.807, 2.05) is 30.3 Å². The third-order valence-electron chi connectivity index (χ3n) is 6.32. The summed E-state index contributed by atoms with van der Waals surface area (Å²) in [5.74, 6) is -0.302. The molecule has 5 rings (SSSR count). The van der Waals surface area contributed by atoms with Crippen LogP contribution in [-0.2, 0) is 9.47 Å². The van der Waals surface area contributed by atoms with Gasteiger partial charge in [0.25, 0.3) is 5.91 Å². The highest BCUT2D eigenvalue weighted by molar-refractivity contribution is 6.00. The maximum absolute atomic E-state index is 13.9. The lowest BCUT2D eigenvalue weighted by atomic mass is 9.86. The second-order valence-corrected chi connectivity index (χ2v) is 8.00. The van der Waals surface area contributed by atoms with Crippen molar-refractivity contribution in [1.82, 2.24) is 5.32 Å². The second-order valence-electron chi connectivity index (χ2n) is 8.00. The van der Waals surface area contributed by atoms with E-state index in [2.05, 4.69) is 5.32 Å². The molecule has 0 spiro atoms. The highest BCUT2D eigenvalue weighted by atomic mass is 19.1. The number of carbonyl (C=O) groups excluding carboxylic acids is 2. The molecule has 3 aliphatic rings. The fourth-order valence-corrected chi connectivity index (χ4v) is 4.69. The molecule has 1 saturated carbocycles. The van der Waals surface area contributed by atoms with E-state index in [0.717, 1.165) is 5.56 Å². The summed E-state index contributed by atoms with van der Waals surface area (Å²) in [7, 11) is 1.27. The molecule has 0 aromatic heterocycles. The highest BCUT2D eigenvalue weighted by Gasteiger charge is 2.54. The van der Waals surface area contributed by atoms with Crippen molar-refractivity contribution in [3.63, 3.8) is 0 Å². The Morgan fingerprint density at radius 1 is 1.17 bits per heavy atom. The standard InChI is InChI=1S/C23H22FNO5/c1-28-23(27)15-8-13(22(26)25-20-16-10-29-11-17(16)20)7-14-19(12-5-3-2-4-6-12)18(9-24)30-21(14)15/h2-8,16-20H,9-11H2,1H3,(H,25,26)/t16-,17+,18?,19?,20+. The van der Waals surface area contributed by atoms with Gasteiger partial charge in [0.1, 0.15) is 24.1 Å². The summed E-state index contributed by atoms with van der Waals surface area (Å²) in [5, 5.41) is 3.04. The Morgan fingerprint density at radius 2 is 1.90 bits per heavy atom. The van der Waals surface area contributed by atoms with E-state index >= 15 is 0 Å². The largest absolute Gasteiger partial charge is 0.485 e. The van der Waals surface area contributed by atoms with Gasteiger partial charge < -0.3 is 19.5 Å². The Bertz CT molecular complexity index is 985. The first-order chi connectivity index (χ1) is 14.6. The average molecular weight is 411 g/mol. The lowest BCUT2D eigenvalue weighted by molar-refractivity contribution is 0.0593. The third-order valence-corrected chi connectivity index (χ3v) is 6.32. The number of fused-ring (bicyclic) bond motifs is 2. The Morgan fingerprint density at radius 3 is 2.57 bits per heavy atom. The molecule has 2 fully saturated rings. The first kappa shape index (κ1) is 19.1. The molecular formula is C23H22FNO5. The number of hydrogen-bond acceptors (Lipinski definition) is 5. The van der Waals surface area contributed by atoms with Gasteiger partial charge in [0.05, 0.1) is 26.2 Å². The van der Waals surface area contributed by atoms with Crippen molar-refractivity contribution in [2.75, 3.05) is 27.0 Å². The third kappa shape index (κ3) is 3.04. The molecule has 2 aliphatic heterocycles. The molecule has 156 valence electrons. The summed E-state index contributed by atoms with van der Waals surface area (Å²) < 4.78 is 30.0. The quantitative estimate of drug-likeness (QED) is 0.766. The molecule has 2 aromatic rings. The van der Waals surface area contributed by atoms with Gasteiger partial charge in [-0.2, -0.15) is 0 Å². The summed E-state index contributed by atoms with van der Waals surface area (Å²) in [5.41, 5.74) is 1.96. The number of methoxy groups -OCH3 is 1. The van der Waals surface area contributed by atoms with Gasteiger partial charge in [0.15, 0.2) is 0 Å². The van der Waals surface area contributed by atoms with E-state index < -0.39 is 24.7 Å². The number of halogens is 1. The lowest BCUT2D eigenvalue weighted by Crippen LogP contribution is -2.30. The zero-order valence-electron chi connectivity index (χ0n) is 16.5. The van der Waals surface area contributed by atoms with Crippen molar-refractivity contribution in [2.24, 2.45) is 11.8 Å². The molecule has 5 atom stereocenters. The van der Waals surface area contributed by atoms with Gasteiger partial charge in [-0.25, -0.2) is 9.18 Å². The zero-order valence-corrected chi connectivity index (χ0v) is 16.5. The Balaban J connectivity index is 1.54. The van der Waals surface area contributed by atoms with Gasteiger partial charge in [0.2, 0.25) is 0 Å². The van der Waals surface area contributed by atoms with Crippen LogP contribution in [0.1, 0.15) is 37.8 Å². The van der Waals surface area contributed by atoms with E-state index in [9.17, 15) is 14.0 Å². The van der Waals surface area contributed by atoms with Crippen molar-refractivity contribution in [3.8, 4) is 5.75 Å². The molecule has 2 heterocycles. The van der Waals surface area contributed by atoms with Gasteiger partial charge in [-0.05, 0) is 17.7 Å². The highest BCUT2D eigenvalue weighted by Crippen LogP contribution is 2.46. The van der Waals surface area contributed by atoms with E-state index in [1.54, 1.807) is 6.07 Å². The van der Waals surface area contributed by atoms with Crippen LogP contribution in [0.3, 0.4) is 0 Å². The summed E-state index contributed by atoms with van der Waals surface area (Å²) in [6.45, 7) is 0.604. The number of alkyl halides is 1. The normalized spacial score (nSPS) is 28.3. The van der Waals surface area contributed by atoms with Crippen molar-refractivity contribution in [3.05, 3.63) is 64.7 Å². The fourth-order valence-electron chi connectivity index (χ4n) is 4.69. The SMILES string of the molecule is COC(=O)c1cc(C(=O)N[C@H]2[C@@H]3COC[C@@H]32)cc2c1OC(CF)C2c1ccccc1. The molecule has 2 unspecified atom stereocenters. The van der Waals surface area contributed by atoms with E-state index in [-0.39, 0.29) is 23.3 Å². The van der Waals surface area contributed by atoms with Gasteiger partial charge in [0, 0.05) is 29.0 Å². The van der Waals surface area contributed by atoms with Crippen LogP contribution in [0.2, 0.25) is 0 Å². The molecule has 7 heteroatoms. The minimum atomic E-state index is -0.774. The molecule has 2 aromatic carbocycles. The molecule has 6 nitrogen and oxygen atoms in total. The van der Waals surface area contributed by atoms with Crippen LogP contribution in [0.15, 0.2) is 42.5 Å². The van der Waals surface area contributed by atoms with Crippen LogP contribution < -0.4 is 10.1 Å². The van der Waals surface area contributed by atoms with E-state index in [4.69, 9.17) is 14.2 Å². The summed E-state index contributed by atoms with van der Waals surface area (Å²) in [6.07, 6.45) is -0.774. The average Bonchev–Trinajstić information content (AvgIpc) is 3.14. The molecule has 1 amide bonds. The molecule has 1 N–H and O–H groups in total. The number of esters is 1. The smallest absolute Gasteiger partial charge is 0.341 e. The van der Waals surface area contributed by atoms with Crippen LogP contribution in [0.5, 0.6) is 5.75 Å². The fraction of sp³-hybridized carbons (Fsp3) is 0.391. The molecule has 0 radical (unpaired) electrons.